The Hall–Kier alpha value is -1.81. The van der Waals surface area contributed by atoms with Crippen LogP contribution in [0.3, 0.4) is 0 Å². The van der Waals surface area contributed by atoms with Gasteiger partial charge in [0.2, 0.25) is 0 Å². The minimum atomic E-state index is -3.71. The van der Waals surface area contributed by atoms with E-state index in [0.717, 1.165) is 10.0 Å². The van der Waals surface area contributed by atoms with E-state index in [4.69, 9.17) is 0 Å². The Morgan fingerprint density at radius 1 is 1.16 bits per heavy atom. The summed E-state index contributed by atoms with van der Waals surface area (Å²) in [6, 6.07) is 12.3. The number of benzene rings is 1. The number of hydrogen-bond acceptors (Lipinski definition) is 5. The van der Waals surface area contributed by atoms with Gasteiger partial charge in [-0.3, -0.25) is 4.79 Å². The zero-order valence-corrected chi connectivity index (χ0v) is 16.1. The summed E-state index contributed by atoms with van der Waals surface area (Å²) in [5.74, 6) is 0. The topological polar surface area (TPSA) is 81.1 Å². The van der Waals surface area contributed by atoms with E-state index in [9.17, 15) is 13.2 Å². The molecule has 2 aromatic heterocycles. The molecule has 0 atom stereocenters. The molecule has 0 bridgehead atoms. The highest BCUT2D eigenvalue weighted by Crippen LogP contribution is 2.26. The van der Waals surface area contributed by atoms with Gasteiger partial charge in [0, 0.05) is 40.8 Å². The zero-order valence-electron chi connectivity index (χ0n) is 12.9. The van der Waals surface area contributed by atoms with Crippen LogP contribution in [0.4, 0.5) is 0 Å². The molecule has 0 saturated carbocycles. The van der Waals surface area contributed by atoms with Crippen LogP contribution in [0, 0.1) is 0 Å². The number of halogens is 1. The Morgan fingerprint density at radius 3 is 2.64 bits per heavy atom. The third-order valence-corrected chi connectivity index (χ3v) is 6.31. The summed E-state index contributed by atoms with van der Waals surface area (Å²) in [5.41, 5.74) is 0.679. The first-order valence-electron chi connectivity index (χ1n) is 7.32. The smallest absolute Gasteiger partial charge is 0.258 e. The van der Waals surface area contributed by atoms with Gasteiger partial charge in [-0.05, 0) is 18.2 Å². The van der Waals surface area contributed by atoms with Crippen molar-refractivity contribution in [1.82, 2.24) is 14.3 Å². The average molecular weight is 440 g/mol. The lowest BCUT2D eigenvalue weighted by atomic mass is 10.2. The molecule has 0 aliphatic heterocycles. The van der Waals surface area contributed by atoms with Crippen LogP contribution in [-0.4, -0.2) is 24.5 Å². The first-order chi connectivity index (χ1) is 12.0. The van der Waals surface area contributed by atoms with Crippen LogP contribution in [0.5, 0.6) is 0 Å². The van der Waals surface area contributed by atoms with E-state index in [1.807, 2.05) is 24.3 Å². The van der Waals surface area contributed by atoms with Crippen LogP contribution in [0.1, 0.15) is 0 Å². The molecule has 1 aromatic carbocycles. The Kier molecular flexibility index (Phi) is 5.48. The standard InChI is InChI=1S/C16H14BrN3O3S2/c17-13-6-4-12(5-7-13)16-19-14(11-24-16)25(22,23)18-8-10-20-9-2-1-3-15(20)21/h1-7,9,11,18H,8,10H2. The van der Waals surface area contributed by atoms with Crippen molar-refractivity contribution in [3.05, 3.63) is 68.9 Å². The predicted molar refractivity (Wildman–Crippen MR) is 101 cm³/mol. The summed E-state index contributed by atoms with van der Waals surface area (Å²) in [6.45, 7) is 0.361. The summed E-state index contributed by atoms with van der Waals surface area (Å²) >= 11 is 4.63. The quantitative estimate of drug-likeness (QED) is 0.639. The highest BCUT2D eigenvalue weighted by atomic mass is 79.9. The maximum absolute atomic E-state index is 12.3. The third kappa shape index (κ3) is 4.43. The van der Waals surface area contributed by atoms with E-state index in [0.29, 0.717) is 5.01 Å². The second-order valence-corrected chi connectivity index (χ2v) is 8.62. The maximum atomic E-state index is 12.3. The van der Waals surface area contributed by atoms with Crippen molar-refractivity contribution in [2.45, 2.75) is 11.6 Å². The summed E-state index contributed by atoms with van der Waals surface area (Å²) in [6.07, 6.45) is 1.62. The van der Waals surface area contributed by atoms with Gasteiger partial charge in [-0.1, -0.05) is 34.1 Å². The van der Waals surface area contributed by atoms with Crippen LogP contribution in [0.15, 0.2) is 68.3 Å². The number of sulfonamides is 1. The first kappa shape index (κ1) is 18.0. The van der Waals surface area contributed by atoms with E-state index in [1.54, 1.807) is 18.3 Å². The number of nitrogens with zero attached hydrogens (tertiary/aromatic N) is 2. The first-order valence-corrected chi connectivity index (χ1v) is 10.5. The molecule has 0 amide bonds. The van der Waals surface area contributed by atoms with E-state index < -0.39 is 10.0 Å². The van der Waals surface area contributed by atoms with Crippen molar-refractivity contribution in [1.29, 1.82) is 0 Å². The fourth-order valence-corrected chi connectivity index (χ4v) is 4.51. The van der Waals surface area contributed by atoms with Crippen LogP contribution in [0.2, 0.25) is 0 Å². The molecular weight excluding hydrogens is 426 g/mol. The number of nitrogens with one attached hydrogen (secondary N) is 1. The van der Waals surface area contributed by atoms with Crippen molar-refractivity contribution in [3.8, 4) is 10.6 Å². The number of hydrogen-bond donors (Lipinski definition) is 1. The Labute approximate surface area is 157 Å². The molecule has 6 nitrogen and oxygen atoms in total. The van der Waals surface area contributed by atoms with Gasteiger partial charge in [0.1, 0.15) is 5.01 Å². The predicted octanol–water partition coefficient (Wildman–Crippen LogP) is 2.71. The normalized spacial score (nSPS) is 11.6. The minimum Gasteiger partial charge on any atom is -0.314 e. The lowest BCUT2D eigenvalue weighted by Gasteiger charge is -2.06. The molecule has 0 radical (unpaired) electrons. The van der Waals surface area contributed by atoms with Crippen molar-refractivity contribution >= 4 is 37.3 Å². The van der Waals surface area contributed by atoms with Gasteiger partial charge in [0.25, 0.3) is 15.6 Å². The van der Waals surface area contributed by atoms with Crippen molar-refractivity contribution in [2.75, 3.05) is 6.54 Å². The van der Waals surface area contributed by atoms with E-state index in [1.165, 1.54) is 27.4 Å². The zero-order chi connectivity index (χ0) is 17.9. The number of pyridine rings is 1. The summed E-state index contributed by atoms with van der Waals surface area (Å²) < 4.78 is 29.5. The minimum absolute atomic E-state index is 0.0178. The van der Waals surface area contributed by atoms with Gasteiger partial charge >= 0.3 is 0 Å². The lowest BCUT2D eigenvalue weighted by molar-refractivity contribution is 0.567. The van der Waals surface area contributed by atoms with Gasteiger partial charge in [-0.15, -0.1) is 11.3 Å². The molecule has 0 aliphatic rings. The number of aromatic nitrogens is 2. The molecule has 0 aliphatic carbocycles. The van der Waals surface area contributed by atoms with E-state index >= 15 is 0 Å². The monoisotopic (exact) mass is 439 g/mol. The maximum Gasteiger partial charge on any atom is 0.258 e. The lowest BCUT2D eigenvalue weighted by Crippen LogP contribution is -2.30. The molecule has 0 saturated heterocycles. The molecule has 1 N–H and O–H groups in total. The molecule has 3 rings (SSSR count). The van der Waals surface area contributed by atoms with Gasteiger partial charge in [0.15, 0.2) is 5.03 Å². The molecule has 0 spiro atoms. The number of rotatable bonds is 6. The van der Waals surface area contributed by atoms with Crippen LogP contribution < -0.4 is 10.3 Å². The molecule has 130 valence electrons. The van der Waals surface area contributed by atoms with E-state index in [2.05, 4.69) is 25.6 Å². The molecule has 3 aromatic rings. The van der Waals surface area contributed by atoms with Gasteiger partial charge in [-0.2, -0.15) is 0 Å². The van der Waals surface area contributed by atoms with Crippen LogP contribution >= 0.6 is 27.3 Å². The van der Waals surface area contributed by atoms with Crippen LogP contribution in [0.25, 0.3) is 10.6 Å². The third-order valence-electron chi connectivity index (χ3n) is 3.39. The highest BCUT2D eigenvalue weighted by Gasteiger charge is 2.18. The SMILES string of the molecule is O=c1ccccn1CCNS(=O)(=O)c1csc(-c2ccc(Br)cc2)n1. The summed E-state index contributed by atoms with van der Waals surface area (Å²) in [5, 5.41) is 2.12. The van der Waals surface area contributed by atoms with Gasteiger partial charge < -0.3 is 4.57 Å². The number of thiazole rings is 1. The van der Waals surface area contributed by atoms with Gasteiger partial charge in [0.05, 0.1) is 0 Å². The summed E-state index contributed by atoms with van der Waals surface area (Å²) in [7, 11) is -3.71. The largest absolute Gasteiger partial charge is 0.314 e. The van der Waals surface area contributed by atoms with Crippen LogP contribution in [-0.2, 0) is 16.6 Å². The molecule has 9 heteroatoms. The second kappa shape index (κ2) is 7.61. The molecule has 25 heavy (non-hydrogen) atoms. The Bertz CT molecular complexity index is 1030. The molecule has 2 heterocycles. The fourth-order valence-electron chi connectivity index (χ4n) is 2.13. The van der Waals surface area contributed by atoms with Crippen molar-refractivity contribution in [2.24, 2.45) is 0 Å². The van der Waals surface area contributed by atoms with Crippen molar-refractivity contribution < 1.29 is 8.42 Å². The summed E-state index contributed by atoms with van der Waals surface area (Å²) in [4.78, 5) is 15.8. The van der Waals surface area contributed by atoms with E-state index in [-0.39, 0.29) is 23.7 Å². The molecular formula is C16H14BrN3O3S2. The second-order valence-electron chi connectivity index (χ2n) is 5.13. The molecule has 0 unspecified atom stereocenters. The van der Waals surface area contributed by atoms with Gasteiger partial charge in [-0.25, -0.2) is 18.1 Å². The fraction of sp³-hybridized carbons (Fsp3) is 0.125. The average Bonchev–Trinajstić information content (AvgIpc) is 3.08. The molecule has 0 fully saturated rings. The Morgan fingerprint density at radius 2 is 1.92 bits per heavy atom. The Balaban J connectivity index is 1.69. The van der Waals surface area contributed by atoms with Crippen molar-refractivity contribution in [3.63, 3.8) is 0 Å². The highest BCUT2D eigenvalue weighted by molar-refractivity contribution is 9.10.